The maximum absolute atomic E-state index is 12.7. The summed E-state index contributed by atoms with van der Waals surface area (Å²) in [6.45, 7) is 7.48. The van der Waals surface area contributed by atoms with E-state index in [1.54, 1.807) is 9.80 Å². The molecule has 1 atom stereocenters. The van der Waals surface area contributed by atoms with Crippen LogP contribution in [0.15, 0.2) is 0 Å². The van der Waals surface area contributed by atoms with Gasteiger partial charge in [0.05, 0.1) is 12.0 Å². The van der Waals surface area contributed by atoms with Gasteiger partial charge in [-0.3, -0.25) is 14.4 Å². The summed E-state index contributed by atoms with van der Waals surface area (Å²) in [6.07, 6.45) is 1.48. The zero-order chi connectivity index (χ0) is 17.9. The largest absolute Gasteiger partial charge is 0.343 e. The average Bonchev–Trinajstić information content (AvgIpc) is 2.94. The van der Waals surface area contributed by atoms with Crippen molar-refractivity contribution in [3.63, 3.8) is 0 Å². The van der Waals surface area contributed by atoms with Gasteiger partial charge in [-0.25, -0.2) is 0 Å². The lowest BCUT2D eigenvalue weighted by Gasteiger charge is -2.34. The Hall–Kier alpha value is -2.10. The lowest BCUT2D eigenvalue weighted by Crippen LogP contribution is -2.46. The van der Waals surface area contributed by atoms with Gasteiger partial charge in [-0.15, -0.1) is 0 Å². The van der Waals surface area contributed by atoms with Crippen molar-refractivity contribution in [1.29, 1.82) is 5.26 Å². The fraction of sp³-hybridized carbons (Fsp3) is 0.765. The molecule has 2 saturated heterocycles. The Labute approximate surface area is 143 Å². The number of carbonyl (C=O) groups is 3. The third-order valence-electron chi connectivity index (χ3n) is 4.80. The van der Waals surface area contributed by atoms with Gasteiger partial charge in [-0.1, -0.05) is 0 Å². The van der Waals surface area contributed by atoms with Gasteiger partial charge in [-0.05, 0) is 33.6 Å². The minimum atomic E-state index is -0.277. The van der Waals surface area contributed by atoms with Crippen LogP contribution in [0.1, 0.15) is 40.0 Å². The maximum Gasteiger partial charge on any atom is 0.227 e. The number of carbonyl (C=O) groups excluding carboxylic acids is 3. The van der Waals surface area contributed by atoms with Crippen LogP contribution in [0.5, 0.6) is 0 Å². The summed E-state index contributed by atoms with van der Waals surface area (Å²) in [5, 5.41) is 11.1. The lowest BCUT2D eigenvalue weighted by molar-refractivity contribution is -0.139. The first-order valence-electron chi connectivity index (χ1n) is 8.48. The number of amides is 3. The summed E-state index contributed by atoms with van der Waals surface area (Å²) in [5.41, 5.74) is -0.266. The second-order valence-electron chi connectivity index (χ2n) is 7.55. The van der Waals surface area contributed by atoms with E-state index in [1.807, 2.05) is 26.8 Å². The molecule has 24 heavy (non-hydrogen) atoms. The molecule has 0 aromatic rings. The highest BCUT2D eigenvalue weighted by atomic mass is 16.2. The first kappa shape index (κ1) is 18.2. The first-order valence-corrected chi connectivity index (χ1v) is 8.48. The van der Waals surface area contributed by atoms with Crippen molar-refractivity contribution in [3.05, 3.63) is 0 Å². The van der Waals surface area contributed by atoms with Crippen molar-refractivity contribution in [2.75, 3.05) is 26.2 Å². The van der Waals surface area contributed by atoms with Gasteiger partial charge < -0.3 is 15.1 Å². The monoisotopic (exact) mass is 334 g/mol. The molecule has 2 rings (SSSR count). The maximum atomic E-state index is 12.7. The Balaban J connectivity index is 1.87. The first-order chi connectivity index (χ1) is 11.2. The van der Waals surface area contributed by atoms with Crippen molar-refractivity contribution in [2.24, 2.45) is 11.8 Å². The molecule has 2 aliphatic rings. The quantitative estimate of drug-likeness (QED) is 0.761. The van der Waals surface area contributed by atoms with E-state index in [-0.39, 0.29) is 48.1 Å². The highest BCUT2D eigenvalue weighted by Crippen LogP contribution is 2.28. The molecule has 132 valence electrons. The smallest absolute Gasteiger partial charge is 0.227 e. The number of nitrogens with zero attached hydrogens (tertiary/aromatic N) is 3. The zero-order valence-corrected chi connectivity index (χ0v) is 14.7. The van der Waals surface area contributed by atoms with Crippen LogP contribution >= 0.6 is 0 Å². The normalized spacial score (nSPS) is 22.4. The average molecular weight is 334 g/mol. The SMILES string of the molecule is CC(C)(C)N1CC(C(=O)N2CCC(C(=O)NCC#N)CC2)CC1=O. The summed E-state index contributed by atoms with van der Waals surface area (Å²) in [7, 11) is 0. The Bertz CT molecular complexity index is 553. The van der Waals surface area contributed by atoms with Crippen molar-refractivity contribution >= 4 is 17.7 Å². The van der Waals surface area contributed by atoms with E-state index in [9.17, 15) is 14.4 Å². The fourth-order valence-corrected chi connectivity index (χ4v) is 3.41. The van der Waals surface area contributed by atoms with E-state index in [4.69, 9.17) is 5.26 Å². The van der Waals surface area contributed by atoms with E-state index in [0.29, 0.717) is 32.5 Å². The van der Waals surface area contributed by atoms with Gasteiger partial charge in [0, 0.05) is 37.5 Å². The number of rotatable bonds is 3. The van der Waals surface area contributed by atoms with Crippen LogP contribution in [0.4, 0.5) is 0 Å². The number of nitrogens with one attached hydrogen (secondary N) is 1. The minimum absolute atomic E-state index is 0.0187. The Morgan fingerprint density at radius 3 is 2.38 bits per heavy atom. The fourth-order valence-electron chi connectivity index (χ4n) is 3.41. The van der Waals surface area contributed by atoms with Crippen LogP contribution in [0, 0.1) is 23.2 Å². The summed E-state index contributed by atoms with van der Waals surface area (Å²) in [5.74, 6) is -0.476. The third-order valence-corrected chi connectivity index (χ3v) is 4.80. The minimum Gasteiger partial charge on any atom is -0.343 e. The molecule has 7 nitrogen and oxygen atoms in total. The molecule has 0 spiro atoms. The number of nitriles is 1. The van der Waals surface area contributed by atoms with Crippen LogP contribution < -0.4 is 5.32 Å². The van der Waals surface area contributed by atoms with Gasteiger partial charge in [-0.2, -0.15) is 5.26 Å². The molecule has 0 aromatic heterocycles. The van der Waals surface area contributed by atoms with Gasteiger partial charge in [0.1, 0.15) is 6.54 Å². The lowest BCUT2D eigenvalue weighted by atomic mass is 9.94. The van der Waals surface area contributed by atoms with Crippen LogP contribution in [0.25, 0.3) is 0 Å². The van der Waals surface area contributed by atoms with E-state index in [0.717, 1.165) is 0 Å². The van der Waals surface area contributed by atoms with Gasteiger partial charge in [0.25, 0.3) is 0 Å². The second-order valence-corrected chi connectivity index (χ2v) is 7.55. The predicted molar refractivity (Wildman–Crippen MR) is 87.5 cm³/mol. The molecule has 1 N–H and O–H groups in total. The molecular weight excluding hydrogens is 308 g/mol. The zero-order valence-electron chi connectivity index (χ0n) is 14.7. The number of piperidine rings is 1. The Morgan fingerprint density at radius 1 is 1.25 bits per heavy atom. The van der Waals surface area contributed by atoms with Crippen molar-refractivity contribution < 1.29 is 14.4 Å². The van der Waals surface area contributed by atoms with Crippen LogP contribution in [0.3, 0.4) is 0 Å². The van der Waals surface area contributed by atoms with Gasteiger partial charge in [0.15, 0.2) is 0 Å². The third kappa shape index (κ3) is 4.05. The molecular formula is C17H26N4O3. The van der Waals surface area contributed by atoms with Crippen molar-refractivity contribution in [2.45, 2.75) is 45.6 Å². The Kier molecular flexibility index (Phi) is 5.47. The van der Waals surface area contributed by atoms with E-state index in [1.165, 1.54) is 0 Å². The van der Waals surface area contributed by atoms with Crippen LogP contribution in [0.2, 0.25) is 0 Å². The summed E-state index contributed by atoms with van der Waals surface area (Å²) in [6, 6.07) is 1.89. The second kappa shape index (κ2) is 7.20. The molecule has 3 amide bonds. The number of hydrogen-bond acceptors (Lipinski definition) is 4. The van der Waals surface area contributed by atoms with Gasteiger partial charge >= 0.3 is 0 Å². The highest BCUT2D eigenvalue weighted by molar-refractivity contribution is 5.90. The van der Waals surface area contributed by atoms with Crippen LogP contribution in [-0.4, -0.2) is 59.2 Å². The standard InChI is InChI=1S/C17H26N4O3/c1-17(2,3)21-11-13(10-14(21)22)16(24)20-8-4-12(5-9-20)15(23)19-7-6-18/h12-13H,4-5,7-11H2,1-3H3,(H,19,23). The molecule has 2 heterocycles. The molecule has 0 saturated carbocycles. The van der Waals surface area contributed by atoms with Crippen molar-refractivity contribution in [1.82, 2.24) is 15.1 Å². The Morgan fingerprint density at radius 2 is 1.88 bits per heavy atom. The molecule has 0 aliphatic carbocycles. The van der Waals surface area contributed by atoms with E-state index < -0.39 is 0 Å². The highest BCUT2D eigenvalue weighted by Gasteiger charge is 2.41. The van der Waals surface area contributed by atoms with E-state index >= 15 is 0 Å². The molecule has 1 unspecified atom stereocenters. The molecule has 0 aromatic carbocycles. The summed E-state index contributed by atoms with van der Waals surface area (Å²) >= 11 is 0. The topological polar surface area (TPSA) is 93.5 Å². The van der Waals surface area contributed by atoms with Gasteiger partial charge in [0.2, 0.25) is 17.7 Å². The number of hydrogen-bond donors (Lipinski definition) is 1. The molecule has 0 radical (unpaired) electrons. The molecule has 0 bridgehead atoms. The predicted octanol–water partition coefficient (Wildman–Crippen LogP) is 0.512. The van der Waals surface area contributed by atoms with Crippen LogP contribution in [-0.2, 0) is 14.4 Å². The van der Waals surface area contributed by atoms with Crippen molar-refractivity contribution in [3.8, 4) is 6.07 Å². The number of likely N-dealkylation sites (tertiary alicyclic amines) is 2. The molecule has 2 aliphatic heterocycles. The summed E-state index contributed by atoms with van der Waals surface area (Å²) in [4.78, 5) is 40.2. The molecule has 7 heteroatoms. The van der Waals surface area contributed by atoms with E-state index in [2.05, 4.69) is 5.32 Å². The summed E-state index contributed by atoms with van der Waals surface area (Å²) < 4.78 is 0. The molecule has 2 fully saturated rings.